The number of rotatable bonds is 5. The molecule has 0 radical (unpaired) electrons. The van der Waals surface area contributed by atoms with Crippen LogP contribution in [0.25, 0.3) is 0 Å². The van der Waals surface area contributed by atoms with E-state index in [1.54, 1.807) is 6.07 Å². The number of hydrogen-bond donors (Lipinski definition) is 1. The molecule has 1 atom stereocenters. The molecule has 1 aliphatic carbocycles. The summed E-state index contributed by atoms with van der Waals surface area (Å²) in [5, 5.41) is 3.02. The standard InChI is InChI=1S/C12H15F2NO2S/c1-8(9-6-7-9)15-10-4-2-3-5-11(10)18(16,17)12(13)14/h2-5,8-9,12,15H,6-7H2,1H3. The molecule has 1 fully saturated rings. The molecule has 6 heteroatoms. The van der Waals surface area contributed by atoms with Crippen molar-refractivity contribution in [3.05, 3.63) is 24.3 Å². The van der Waals surface area contributed by atoms with Gasteiger partial charge in [0, 0.05) is 6.04 Å². The van der Waals surface area contributed by atoms with Gasteiger partial charge < -0.3 is 5.32 Å². The lowest BCUT2D eigenvalue weighted by Crippen LogP contribution is -2.20. The predicted molar refractivity (Wildman–Crippen MR) is 65.4 cm³/mol. The Hall–Kier alpha value is -1.17. The number of alkyl halides is 2. The molecule has 1 aliphatic rings. The van der Waals surface area contributed by atoms with Gasteiger partial charge in [-0.05, 0) is 37.8 Å². The van der Waals surface area contributed by atoms with Gasteiger partial charge in [0.1, 0.15) is 0 Å². The third kappa shape index (κ3) is 2.63. The van der Waals surface area contributed by atoms with Gasteiger partial charge in [-0.15, -0.1) is 0 Å². The first kappa shape index (κ1) is 13.3. The van der Waals surface area contributed by atoms with E-state index in [-0.39, 0.29) is 16.6 Å². The van der Waals surface area contributed by atoms with Gasteiger partial charge in [-0.1, -0.05) is 12.1 Å². The Morgan fingerprint density at radius 2 is 1.89 bits per heavy atom. The Balaban J connectivity index is 2.30. The fourth-order valence-corrected chi connectivity index (χ4v) is 2.78. The molecule has 0 spiro atoms. The highest BCUT2D eigenvalue weighted by molar-refractivity contribution is 7.91. The molecule has 0 aliphatic heterocycles. The minimum absolute atomic E-state index is 0.0963. The Morgan fingerprint density at radius 1 is 1.28 bits per heavy atom. The minimum Gasteiger partial charge on any atom is -0.381 e. The van der Waals surface area contributed by atoms with Gasteiger partial charge in [0.15, 0.2) is 0 Å². The second kappa shape index (κ2) is 4.84. The highest BCUT2D eigenvalue weighted by Crippen LogP contribution is 2.35. The van der Waals surface area contributed by atoms with Gasteiger partial charge in [-0.2, -0.15) is 8.78 Å². The van der Waals surface area contributed by atoms with Crippen LogP contribution in [-0.4, -0.2) is 20.2 Å². The van der Waals surface area contributed by atoms with E-state index in [1.165, 1.54) is 18.2 Å². The van der Waals surface area contributed by atoms with Crippen molar-refractivity contribution in [2.75, 3.05) is 5.32 Å². The molecular weight excluding hydrogens is 260 g/mol. The number of benzene rings is 1. The lowest BCUT2D eigenvalue weighted by molar-refractivity contribution is 0.235. The molecule has 1 N–H and O–H groups in total. The summed E-state index contributed by atoms with van der Waals surface area (Å²) >= 11 is 0. The van der Waals surface area contributed by atoms with Crippen LogP contribution >= 0.6 is 0 Å². The van der Waals surface area contributed by atoms with Crippen molar-refractivity contribution in [2.45, 2.75) is 36.5 Å². The van der Waals surface area contributed by atoms with Crippen LogP contribution in [0.4, 0.5) is 14.5 Å². The first-order valence-corrected chi connectivity index (χ1v) is 7.35. The number of para-hydroxylation sites is 1. The first-order valence-electron chi connectivity index (χ1n) is 5.80. The molecule has 0 amide bonds. The third-order valence-corrected chi connectivity index (χ3v) is 4.58. The fourth-order valence-electron chi connectivity index (χ4n) is 1.89. The van der Waals surface area contributed by atoms with Gasteiger partial charge >= 0.3 is 5.76 Å². The van der Waals surface area contributed by atoms with Crippen molar-refractivity contribution in [1.29, 1.82) is 0 Å². The minimum atomic E-state index is -4.55. The Kier molecular flexibility index (Phi) is 3.56. The van der Waals surface area contributed by atoms with Gasteiger partial charge in [0.2, 0.25) is 9.84 Å². The zero-order chi connectivity index (χ0) is 13.3. The summed E-state index contributed by atoms with van der Waals surface area (Å²) in [7, 11) is -4.55. The molecule has 1 saturated carbocycles. The largest absolute Gasteiger partial charge is 0.381 e. The topological polar surface area (TPSA) is 46.2 Å². The molecule has 0 heterocycles. The van der Waals surface area contributed by atoms with Crippen LogP contribution in [-0.2, 0) is 9.84 Å². The maximum absolute atomic E-state index is 12.6. The maximum Gasteiger partial charge on any atom is 0.341 e. The predicted octanol–water partition coefficient (Wildman–Crippen LogP) is 2.89. The smallest absolute Gasteiger partial charge is 0.341 e. The molecule has 0 aromatic heterocycles. The second-order valence-electron chi connectivity index (χ2n) is 4.57. The van der Waals surface area contributed by atoms with Crippen molar-refractivity contribution in [2.24, 2.45) is 5.92 Å². The molecular formula is C12H15F2NO2S. The van der Waals surface area contributed by atoms with Crippen LogP contribution in [0.15, 0.2) is 29.2 Å². The Morgan fingerprint density at radius 3 is 2.44 bits per heavy atom. The van der Waals surface area contributed by atoms with Crippen molar-refractivity contribution >= 4 is 15.5 Å². The zero-order valence-electron chi connectivity index (χ0n) is 9.94. The summed E-state index contributed by atoms with van der Waals surface area (Å²) in [4.78, 5) is -0.326. The average Bonchev–Trinajstić information content (AvgIpc) is 3.13. The third-order valence-electron chi connectivity index (χ3n) is 3.14. The zero-order valence-corrected chi connectivity index (χ0v) is 10.8. The van der Waals surface area contributed by atoms with Crippen molar-refractivity contribution < 1.29 is 17.2 Å². The fraction of sp³-hybridized carbons (Fsp3) is 0.500. The van der Waals surface area contributed by atoms with Crippen LogP contribution in [0.2, 0.25) is 0 Å². The van der Waals surface area contributed by atoms with E-state index in [9.17, 15) is 17.2 Å². The van der Waals surface area contributed by atoms with Crippen LogP contribution in [0, 0.1) is 5.92 Å². The van der Waals surface area contributed by atoms with Gasteiger partial charge in [0.05, 0.1) is 10.6 Å². The molecule has 18 heavy (non-hydrogen) atoms. The number of nitrogens with one attached hydrogen (secondary N) is 1. The van der Waals surface area contributed by atoms with E-state index in [0.717, 1.165) is 12.8 Å². The molecule has 3 nitrogen and oxygen atoms in total. The lowest BCUT2D eigenvalue weighted by Gasteiger charge is -2.17. The maximum atomic E-state index is 12.6. The van der Waals surface area contributed by atoms with Crippen molar-refractivity contribution in [1.82, 2.24) is 0 Å². The Bertz CT molecular complexity index is 527. The first-order chi connectivity index (χ1) is 8.43. The average molecular weight is 275 g/mol. The molecule has 1 aromatic rings. The highest BCUT2D eigenvalue weighted by Gasteiger charge is 2.32. The summed E-state index contributed by atoms with van der Waals surface area (Å²) in [6.07, 6.45) is 2.19. The van der Waals surface area contributed by atoms with Crippen molar-refractivity contribution in [3.63, 3.8) is 0 Å². The van der Waals surface area contributed by atoms with E-state index >= 15 is 0 Å². The summed E-state index contributed by atoms with van der Waals surface area (Å²) in [5.41, 5.74) is 0.261. The summed E-state index contributed by atoms with van der Waals surface area (Å²) in [6.45, 7) is 1.93. The number of anilines is 1. The SMILES string of the molecule is CC(Nc1ccccc1S(=O)(=O)C(F)F)C1CC1. The summed E-state index contributed by atoms with van der Waals surface area (Å²) in [6, 6.07) is 5.91. The lowest BCUT2D eigenvalue weighted by atomic mass is 10.2. The highest BCUT2D eigenvalue weighted by atomic mass is 32.2. The van der Waals surface area contributed by atoms with Crippen LogP contribution < -0.4 is 5.32 Å². The number of hydrogen-bond acceptors (Lipinski definition) is 3. The summed E-state index contributed by atoms with van der Waals surface area (Å²) in [5.74, 6) is -2.89. The molecule has 1 aromatic carbocycles. The van der Waals surface area contributed by atoms with E-state index in [0.29, 0.717) is 5.92 Å². The van der Waals surface area contributed by atoms with Crippen LogP contribution in [0.3, 0.4) is 0 Å². The second-order valence-corrected chi connectivity index (χ2v) is 6.46. The molecule has 2 rings (SSSR count). The summed E-state index contributed by atoms with van der Waals surface area (Å²) < 4.78 is 48.2. The van der Waals surface area contributed by atoms with Gasteiger partial charge in [-0.25, -0.2) is 8.42 Å². The molecule has 0 bridgehead atoms. The molecule has 100 valence electrons. The Labute approximate surface area is 105 Å². The van der Waals surface area contributed by atoms with E-state index in [1.807, 2.05) is 6.92 Å². The van der Waals surface area contributed by atoms with E-state index < -0.39 is 15.6 Å². The van der Waals surface area contributed by atoms with E-state index in [2.05, 4.69) is 5.32 Å². The quantitative estimate of drug-likeness (QED) is 0.898. The number of sulfone groups is 1. The van der Waals surface area contributed by atoms with Crippen molar-refractivity contribution in [3.8, 4) is 0 Å². The monoisotopic (exact) mass is 275 g/mol. The number of halogens is 2. The van der Waals surface area contributed by atoms with Gasteiger partial charge in [-0.3, -0.25) is 0 Å². The molecule has 1 unspecified atom stereocenters. The van der Waals surface area contributed by atoms with E-state index in [4.69, 9.17) is 0 Å². The molecule has 0 saturated heterocycles. The van der Waals surface area contributed by atoms with Gasteiger partial charge in [0.25, 0.3) is 0 Å². The van der Waals surface area contributed by atoms with Crippen LogP contribution in [0.1, 0.15) is 19.8 Å². The van der Waals surface area contributed by atoms with Crippen LogP contribution in [0.5, 0.6) is 0 Å². The normalized spacial score (nSPS) is 17.8.